The zero-order valence-electron chi connectivity index (χ0n) is 16.1. The molecule has 0 unspecified atom stereocenters. The summed E-state index contributed by atoms with van der Waals surface area (Å²) in [7, 11) is 0. The van der Waals surface area contributed by atoms with Crippen molar-refractivity contribution in [3.8, 4) is 0 Å². The quantitative estimate of drug-likeness (QED) is 0.690. The molecule has 2 N–H and O–H groups in total. The maximum Gasteiger partial charge on any atom is 0.234 e. The fourth-order valence-electron chi connectivity index (χ4n) is 2.44. The number of hydrogen-bond acceptors (Lipinski definition) is 3. The SMILES string of the molecule is Cc1cc(Cl)ccc1NC(=O)CSCC(=O)Nc1ccc(C(C)(C)C)cc1. The van der Waals surface area contributed by atoms with Gasteiger partial charge < -0.3 is 10.6 Å². The average Bonchev–Trinajstić information content (AvgIpc) is 2.57. The van der Waals surface area contributed by atoms with E-state index < -0.39 is 0 Å². The lowest BCUT2D eigenvalue weighted by Crippen LogP contribution is -2.19. The largest absolute Gasteiger partial charge is 0.325 e. The van der Waals surface area contributed by atoms with Crippen LogP contribution in [0.1, 0.15) is 31.9 Å². The number of carbonyl (C=O) groups is 2. The molecular weight excluding hydrogens is 380 g/mol. The average molecular weight is 405 g/mol. The van der Waals surface area contributed by atoms with Gasteiger partial charge in [0.05, 0.1) is 11.5 Å². The molecule has 0 aliphatic rings. The van der Waals surface area contributed by atoms with E-state index in [2.05, 4.69) is 31.4 Å². The normalized spacial score (nSPS) is 11.1. The van der Waals surface area contributed by atoms with Crippen molar-refractivity contribution in [3.05, 3.63) is 58.6 Å². The van der Waals surface area contributed by atoms with Crippen LogP contribution in [0, 0.1) is 6.92 Å². The molecule has 0 atom stereocenters. The third kappa shape index (κ3) is 6.92. The molecule has 27 heavy (non-hydrogen) atoms. The Labute approximate surface area is 170 Å². The van der Waals surface area contributed by atoms with E-state index >= 15 is 0 Å². The molecule has 2 amide bonds. The summed E-state index contributed by atoms with van der Waals surface area (Å²) in [6.45, 7) is 8.32. The monoisotopic (exact) mass is 404 g/mol. The number of halogens is 1. The molecular formula is C21H25ClN2O2S. The van der Waals surface area contributed by atoms with Crippen molar-refractivity contribution < 1.29 is 9.59 Å². The van der Waals surface area contributed by atoms with Gasteiger partial charge in [0.25, 0.3) is 0 Å². The summed E-state index contributed by atoms with van der Waals surface area (Å²) in [6, 6.07) is 13.1. The second kappa shape index (κ2) is 9.29. The van der Waals surface area contributed by atoms with Crippen molar-refractivity contribution in [2.75, 3.05) is 22.1 Å². The Morgan fingerprint density at radius 1 is 0.963 bits per heavy atom. The van der Waals surface area contributed by atoms with Gasteiger partial charge in [-0.25, -0.2) is 0 Å². The van der Waals surface area contributed by atoms with Gasteiger partial charge in [0.15, 0.2) is 0 Å². The predicted octanol–water partition coefficient (Wildman–Crippen LogP) is 5.26. The van der Waals surface area contributed by atoms with Gasteiger partial charge in [-0.3, -0.25) is 9.59 Å². The van der Waals surface area contributed by atoms with Crippen molar-refractivity contribution in [2.45, 2.75) is 33.1 Å². The van der Waals surface area contributed by atoms with E-state index in [-0.39, 0.29) is 28.7 Å². The molecule has 0 saturated carbocycles. The van der Waals surface area contributed by atoms with Crippen LogP contribution in [0.2, 0.25) is 5.02 Å². The van der Waals surface area contributed by atoms with Crippen LogP contribution < -0.4 is 10.6 Å². The van der Waals surface area contributed by atoms with Gasteiger partial charge in [0.1, 0.15) is 0 Å². The van der Waals surface area contributed by atoms with E-state index in [1.165, 1.54) is 17.3 Å². The Hall–Kier alpha value is -1.98. The van der Waals surface area contributed by atoms with Gasteiger partial charge in [-0.2, -0.15) is 0 Å². The van der Waals surface area contributed by atoms with Gasteiger partial charge in [0.2, 0.25) is 11.8 Å². The number of nitrogens with one attached hydrogen (secondary N) is 2. The number of amides is 2. The third-order valence-electron chi connectivity index (χ3n) is 3.96. The second-order valence-electron chi connectivity index (χ2n) is 7.38. The molecule has 0 fully saturated rings. The van der Waals surface area contributed by atoms with Crippen molar-refractivity contribution >= 4 is 46.6 Å². The molecule has 0 heterocycles. The van der Waals surface area contributed by atoms with Gasteiger partial charge in [0, 0.05) is 16.4 Å². The molecule has 0 radical (unpaired) electrons. The number of hydrogen-bond donors (Lipinski definition) is 2. The van der Waals surface area contributed by atoms with E-state index in [9.17, 15) is 9.59 Å². The summed E-state index contributed by atoms with van der Waals surface area (Å²) in [6.07, 6.45) is 0. The number of benzene rings is 2. The summed E-state index contributed by atoms with van der Waals surface area (Å²) in [5.74, 6) is 0.152. The highest BCUT2D eigenvalue weighted by atomic mass is 35.5. The minimum absolute atomic E-state index is 0.0776. The lowest BCUT2D eigenvalue weighted by atomic mass is 9.87. The number of carbonyl (C=O) groups excluding carboxylic acids is 2. The fraction of sp³-hybridized carbons (Fsp3) is 0.333. The molecule has 2 rings (SSSR count). The van der Waals surface area contributed by atoms with Crippen LogP contribution in [0.15, 0.2) is 42.5 Å². The Balaban J connectivity index is 1.76. The molecule has 0 aliphatic heterocycles. The van der Waals surface area contributed by atoms with Crippen LogP contribution in [-0.2, 0) is 15.0 Å². The van der Waals surface area contributed by atoms with E-state index in [4.69, 9.17) is 11.6 Å². The highest BCUT2D eigenvalue weighted by Gasteiger charge is 2.13. The lowest BCUT2D eigenvalue weighted by molar-refractivity contribution is -0.114. The summed E-state index contributed by atoms with van der Waals surface area (Å²) < 4.78 is 0. The Morgan fingerprint density at radius 2 is 1.56 bits per heavy atom. The van der Waals surface area contributed by atoms with Gasteiger partial charge in [-0.15, -0.1) is 11.8 Å². The van der Waals surface area contributed by atoms with E-state index in [1.807, 2.05) is 31.2 Å². The first-order valence-corrected chi connectivity index (χ1v) is 10.2. The molecule has 4 nitrogen and oxygen atoms in total. The van der Waals surface area contributed by atoms with Gasteiger partial charge in [-0.05, 0) is 53.8 Å². The fourth-order valence-corrected chi connectivity index (χ4v) is 3.28. The molecule has 6 heteroatoms. The molecule has 0 saturated heterocycles. The number of rotatable bonds is 6. The topological polar surface area (TPSA) is 58.2 Å². The minimum atomic E-state index is -0.146. The molecule has 2 aromatic rings. The van der Waals surface area contributed by atoms with Crippen LogP contribution >= 0.6 is 23.4 Å². The van der Waals surface area contributed by atoms with Crippen molar-refractivity contribution in [3.63, 3.8) is 0 Å². The van der Waals surface area contributed by atoms with Crippen LogP contribution in [-0.4, -0.2) is 23.3 Å². The van der Waals surface area contributed by atoms with Crippen molar-refractivity contribution in [1.82, 2.24) is 0 Å². The number of thioether (sulfide) groups is 1. The molecule has 0 spiro atoms. The molecule has 0 aromatic heterocycles. The second-order valence-corrected chi connectivity index (χ2v) is 8.80. The first kappa shape index (κ1) is 21.3. The maximum atomic E-state index is 12.0. The first-order valence-electron chi connectivity index (χ1n) is 8.69. The summed E-state index contributed by atoms with van der Waals surface area (Å²) >= 11 is 7.18. The zero-order chi connectivity index (χ0) is 20.0. The van der Waals surface area contributed by atoms with E-state index in [0.29, 0.717) is 5.02 Å². The van der Waals surface area contributed by atoms with Gasteiger partial charge in [-0.1, -0.05) is 44.5 Å². The zero-order valence-corrected chi connectivity index (χ0v) is 17.6. The highest BCUT2D eigenvalue weighted by molar-refractivity contribution is 8.00. The third-order valence-corrected chi connectivity index (χ3v) is 5.13. The van der Waals surface area contributed by atoms with E-state index in [0.717, 1.165) is 16.9 Å². The summed E-state index contributed by atoms with van der Waals surface area (Å²) in [5, 5.41) is 6.32. The first-order chi connectivity index (χ1) is 12.6. The van der Waals surface area contributed by atoms with Crippen LogP contribution in [0.5, 0.6) is 0 Å². The summed E-state index contributed by atoms with van der Waals surface area (Å²) in [4.78, 5) is 24.1. The van der Waals surface area contributed by atoms with Gasteiger partial charge >= 0.3 is 0 Å². The molecule has 0 aliphatic carbocycles. The predicted molar refractivity (Wildman–Crippen MR) is 116 cm³/mol. The maximum absolute atomic E-state index is 12.0. The van der Waals surface area contributed by atoms with E-state index in [1.54, 1.807) is 18.2 Å². The standard InChI is InChI=1S/C21H25ClN2O2S/c1-14-11-16(22)7-10-18(14)24-20(26)13-27-12-19(25)23-17-8-5-15(6-9-17)21(2,3)4/h5-11H,12-13H2,1-4H3,(H,23,25)(H,24,26). The Kier molecular flexibility index (Phi) is 7.33. The van der Waals surface area contributed by atoms with Crippen LogP contribution in [0.3, 0.4) is 0 Å². The van der Waals surface area contributed by atoms with Crippen LogP contribution in [0.25, 0.3) is 0 Å². The van der Waals surface area contributed by atoms with Crippen molar-refractivity contribution in [1.29, 1.82) is 0 Å². The highest BCUT2D eigenvalue weighted by Crippen LogP contribution is 2.23. The number of anilines is 2. The van der Waals surface area contributed by atoms with Crippen molar-refractivity contribution in [2.24, 2.45) is 0 Å². The minimum Gasteiger partial charge on any atom is -0.325 e. The lowest BCUT2D eigenvalue weighted by Gasteiger charge is -2.19. The van der Waals surface area contributed by atoms with Crippen LogP contribution in [0.4, 0.5) is 11.4 Å². The Morgan fingerprint density at radius 3 is 2.11 bits per heavy atom. The molecule has 144 valence electrons. The summed E-state index contributed by atoms with van der Waals surface area (Å²) in [5.41, 5.74) is 3.68. The molecule has 2 aromatic carbocycles. The smallest absolute Gasteiger partial charge is 0.234 e. The molecule has 0 bridgehead atoms. The number of aryl methyl sites for hydroxylation is 1. The Bertz CT molecular complexity index is 814.